The quantitative estimate of drug-likeness (QED) is 0.484. The number of hydrogen-bond donors (Lipinski definition) is 1. The highest BCUT2D eigenvalue weighted by Gasteiger charge is 2.09. The Bertz CT molecular complexity index is 950. The molecule has 0 aliphatic rings. The van der Waals surface area contributed by atoms with Crippen molar-refractivity contribution in [2.75, 3.05) is 7.11 Å². The second-order valence-corrected chi connectivity index (χ2v) is 7.02. The normalized spacial score (nSPS) is 10.7. The van der Waals surface area contributed by atoms with Crippen LogP contribution in [-0.4, -0.2) is 7.11 Å². The maximum atomic E-state index is 13.1. The molecular formula is C22H20Cl2FNO2. The number of rotatable bonds is 8. The van der Waals surface area contributed by atoms with E-state index >= 15 is 0 Å². The lowest BCUT2D eigenvalue weighted by molar-refractivity contribution is 0.284. The topological polar surface area (TPSA) is 30.5 Å². The van der Waals surface area contributed by atoms with E-state index in [1.54, 1.807) is 13.2 Å². The smallest absolute Gasteiger partial charge is 0.161 e. The van der Waals surface area contributed by atoms with Crippen molar-refractivity contribution in [1.82, 2.24) is 5.32 Å². The number of halogens is 3. The van der Waals surface area contributed by atoms with Gasteiger partial charge in [-0.25, -0.2) is 4.39 Å². The van der Waals surface area contributed by atoms with Gasteiger partial charge in [0.1, 0.15) is 12.4 Å². The molecule has 0 atom stereocenters. The van der Waals surface area contributed by atoms with Crippen LogP contribution in [-0.2, 0) is 19.7 Å². The third-order valence-electron chi connectivity index (χ3n) is 4.23. The lowest BCUT2D eigenvalue weighted by Gasteiger charge is -2.13. The van der Waals surface area contributed by atoms with Crippen molar-refractivity contribution >= 4 is 23.2 Å². The van der Waals surface area contributed by atoms with Gasteiger partial charge in [-0.3, -0.25) is 0 Å². The first-order valence-corrected chi connectivity index (χ1v) is 9.50. The molecule has 0 heterocycles. The Morgan fingerprint density at radius 1 is 0.857 bits per heavy atom. The van der Waals surface area contributed by atoms with Gasteiger partial charge in [-0.1, -0.05) is 53.5 Å². The first-order valence-electron chi connectivity index (χ1n) is 8.74. The van der Waals surface area contributed by atoms with E-state index in [-0.39, 0.29) is 12.4 Å². The molecule has 146 valence electrons. The first-order chi connectivity index (χ1) is 13.6. The molecule has 0 bridgehead atoms. The number of nitrogens with one attached hydrogen (secondary N) is 1. The van der Waals surface area contributed by atoms with Gasteiger partial charge in [0.05, 0.1) is 12.1 Å². The van der Waals surface area contributed by atoms with E-state index in [2.05, 4.69) is 5.32 Å². The van der Waals surface area contributed by atoms with Crippen LogP contribution in [0.4, 0.5) is 4.39 Å². The minimum Gasteiger partial charge on any atom is -0.493 e. The van der Waals surface area contributed by atoms with Crippen LogP contribution in [0.5, 0.6) is 11.5 Å². The molecule has 0 saturated heterocycles. The summed E-state index contributed by atoms with van der Waals surface area (Å²) in [6, 6.07) is 17.7. The van der Waals surface area contributed by atoms with Crippen LogP contribution in [0.25, 0.3) is 0 Å². The fraction of sp³-hybridized carbons (Fsp3) is 0.182. The summed E-state index contributed by atoms with van der Waals surface area (Å²) in [7, 11) is 1.59. The molecule has 28 heavy (non-hydrogen) atoms. The monoisotopic (exact) mass is 419 g/mol. The van der Waals surface area contributed by atoms with Crippen molar-refractivity contribution in [2.24, 2.45) is 0 Å². The van der Waals surface area contributed by atoms with Gasteiger partial charge in [0, 0.05) is 23.7 Å². The highest BCUT2D eigenvalue weighted by molar-refractivity contribution is 6.31. The van der Waals surface area contributed by atoms with E-state index in [0.29, 0.717) is 35.2 Å². The highest BCUT2D eigenvalue weighted by atomic mass is 35.5. The zero-order valence-corrected chi connectivity index (χ0v) is 16.9. The van der Waals surface area contributed by atoms with Crippen LogP contribution in [0.2, 0.25) is 10.0 Å². The Hall–Kier alpha value is -2.27. The molecule has 0 spiro atoms. The summed E-state index contributed by atoms with van der Waals surface area (Å²) in [4.78, 5) is 0. The number of ether oxygens (including phenoxy) is 2. The van der Waals surface area contributed by atoms with Gasteiger partial charge in [-0.05, 0) is 41.5 Å². The van der Waals surface area contributed by atoms with E-state index in [9.17, 15) is 4.39 Å². The third kappa shape index (κ3) is 5.38. The summed E-state index contributed by atoms with van der Waals surface area (Å²) >= 11 is 12.2. The highest BCUT2D eigenvalue weighted by Crippen LogP contribution is 2.30. The van der Waals surface area contributed by atoms with Gasteiger partial charge >= 0.3 is 0 Å². The van der Waals surface area contributed by atoms with Crippen LogP contribution in [0.15, 0.2) is 60.7 Å². The molecule has 0 unspecified atom stereocenters. The lowest BCUT2D eigenvalue weighted by atomic mass is 10.1. The predicted molar refractivity (Wildman–Crippen MR) is 111 cm³/mol. The van der Waals surface area contributed by atoms with Crippen molar-refractivity contribution in [3.63, 3.8) is 0 Å². The van der Waals surface area contributed by atoms with Gasteiger partial charge in [-0.2, -0.15) is 0 Å². The van der Waals surface area contributed by atoms with Crippen molar-refractivity contribution in [2.45, 2.75) is 19.7 Å². The van der Waals surface area contributed by atoms with Gasteiger partial charge in [0.25, 0.3) is 0 Å². The summed E-state index contributed by atoms with van der Waals surface area (Å²) in [6.45, 7) is 1.55. The Kier molecular flexibility index (Phi) is 7.15. The predicted octanol–water partition coefficient (Wildman–Crippen LogP) is 6.01. The summed E-state index contributed by atoms with van der Waals surface area (Å²) in [6.07, 6.45) is 0. The van der Waals surface area contributed by atoms with Crippen molar-refractivity contribution in [3.05, 3.63) is 93.2 Å². The summed E-state index contributed by atoms with van der Waals surface area (Å²) < 4.78 is 24.4. The van der Waals surface area contributed by atoms with Crippen molar-refractivity contribution in [3.8, 4) is 11.5 Å². The summed E-state index contributed by atoms with van der Waals surface area (Å²) in [5, 5.41) is 4.45. The summed E-state index contributed by atoms with van der Waals surface area (Å²) in [5.41, 5.74) is 2.80. The average molecular weight is 420 g/mol. The molecule has 6 heteroatoms. The van der Waals surface area contributed by atoms with E-state index < -0.39 is 0 Å². The number of hydrogen-bond acceptors (Lipinski definition) is 3. The molecule has 1 N–H and O–H groups in total. The minimum atomic E-state index is -0.375. The van der Waals surface area contributed by atoms with Crippen LogP contribution in [0, 0.1) is 5.82 Å². The fourth-order valence-electron chi connectivity index (χ4n) is 2.72. The largest absolute Gasteiger partial charge is 0.493 e. The van der Waals surface area contributed by atoms with Gasteiger partial charge < -0.3 is 14.8 Å². The molecule has 0 aromatic heterocycles. The number of methoxy groups -OCH3 is 1. The van der Waals surface area contributed by atoms with E-state index in [4.69, 9.17) is 32.7 Å². The summed E-state index contributed by atoms with van der Waals surface area (Å²) in [5.74, 6) is 0.841. The van der Waals surface area contributed by atoms with E-state index in [0.717, 1.165) is 16.1 Å². The molecule has 0 fully saturated rings. The third-order valence-corrected chi connectivity index (χ3v) is 4.95. The number of benzene rings is 3. The molecule has 0 aliphatic carbocycles. The maximum absolute atomic E-state index is 13.1. The molecule has 3 nitrogen and oxygen atoms in total. The zero-order chi connectivity index (χ0) is 19.9. The molecule has 3 aromatic rings. The van der Waals surface area contributed by atoms with Crippen molar-refractivity contribution in [1.29, 1.82) is 0 Å². The van der Waals surface area contributed by atoms with Gasteiger partial charge in [0.2, 0.25) is 0 Å². The molecule has 0 amide bonds. The van der Waals surface area contributed by atoms with E-state index in [1.165, 1.54) is 12.1 Å². The molecule has 0 radical (unpaired) electrons. The van der Waals surface area contributed by atoms with E-state index in [1.807, 2.05) is 42.5 Å². The Labute approximate surface area is 174 Å². The molecule has 0 aliphatic heterocycles. The Morgan fingerprint density at radius 2 is 1.68 bits per heavy atom. The second-order valence-electron chi connectivity index (χ2n) is 6.20. The van der Waals surface area contributed by atoms with Crippen LogP contribution in [0.1, 0.15) is 16.7 Å². The standard InChI is InChI=1S/C22H20Cl2FNO2/c1-27-22-10-15(12-26-13-16-4-2-3-5-19(16)23)6-9-21(22)28-14-17-7-8-18(25)11-20(17)24/h2-11,26H,12-14H2,1H3. The second kappa shape index (κ2) is 9.78. The Morgan fingerprint density at radius 3 is 2.43 bits per heavy atom. The molecule has 0 saturated carbocycles. The fourth-order valence-corrected chi connectivity index (χ4v) is 3.14. The Balaban J connectivity index is 1.61. The first kappa shape index (κ1) is 20.5. The minimum absolute atomic E-state index is 0.222. The van der Waals surface area contributed by atoms with Crippen LogP contribution < -0.4 is 14.8 Å². The zero-order valence-electron chi connectivity index (χ0n) is 15.3. The lowest BCUT2D eigenvalue weighted by Crippen LogP contribution is -2.13. The maximum Gasteiger partial charge on any atom is 0.161 e. The van der Waals surface area contributed by atoms with Gasteiger partial charge in [0.15, 0.2) is 11.5 Å². The molecule has 3 aromatic carbocycles. The van der Waals surface area contributed by atoms with Crippen molar-refractivity contribution < 1.29 is 13.9 Å². The van der Waals surface area contributed by atoms with Gasteiger partial charge in [-0.15, -0.1) is 0 Å². The van der Waals surface area contributed by atoms with Crippen LogP contribution in [0.3, 0.4) is 0 Å². The average Bonchev–Trinajstić information content (AvgIpc) is 2.69. The molecular weight excluding hydrogens is 400 g/mol. The van der Waals surface area contributed by atoms with Crippen LogP contribution >= 0.6 is 23.2 Å². The molecule has 3 rings (SSSR count). The SMILES string of the molecule is COc1cc(CNCc2ccccc2Cl)ccc1OCc1ccc(F)cc1Cl.